The Hall–Kier alpha value is -2.41. The van der Waals surface area contributed by atoms with Crippen molar-refractivity contribution in [3.63, 3.8) is 0 Å². The van der Waals surface area contributed by atoms with Gasteiger partial charge in [0.05, 0.1) is 6.10 Å². The summed E-state index contributed by atoms with van der Waals surface area (Å²) in [4.78, 5) is 18.9. The summed E-state index contributed by atoms with van der Waals surface area (Å²) < 4.78 is 5.55. The molecule has 3 heterocycles. The second kappa shape index (κ2) is 7.86. The Bertz CT molecular complexity index is 719. The third-order valence-corrected chi connectivity index (χ3v) is 5.21. The maximum absolute atomic E-state index is 12.3. The van der Waals surface area contributed by atoms with E-state index in [-0.39, 0.29) is 12.1 Å². The number of benzene rings is 1. The Morgan fingerprint density at radius 2 is 2.04 bits per heavy atom. The average molecular weight is 355 g/mol. The topological polar surface area (TPSA) is 83.1 Å². The highest BCUT2D eigenvalue weighted by Crippen LogP contribution is 2.27. The van der Waals surface area contributed by atoms with E-state index in [1.54, 1.807) is 0 Å². The molecular formula is C19H25N5O2. The molecular weight excluding hydrogens is 330 g/mol. The molecule has 0 aliphatic carbocycles. The summed E-state index contributed by atoms with van der Waals surface area (Å²) in [6.07, 6.45) is 4.11. The number of aromatic amines is 1. The standard InChI is InChI=1S/C19H25N5O2/c25-19(20-13-16-7-4-12-26-16)24-10-8-15(9-11-24)18-21-17(22-23-18)14-5-2-1-3-6-14/h1-3,5-6,15-16H,4,7-13H2,(H,20,25)(H,21,22,23)/t16-/m1/s1. The summed E-state index contributed by atoms with van der Waals surface area (Å²) in [5.41, 5.74) is 1.01. The van der Waals surface area contributed by atoms with Crippen LogP contribution >= 0.6 is 0 Å². The van der Waals surface area contributed by atoms with Crippen molar-refractivity contribution in [1.29, 1.82) is 0 Å². The van der Waals surface area contributed by atoms with Gasteiger partial charge in [-0.2, -0.15) is 5.10 Å². The number of piperidine rings is 1. The molecule has 0 radical (unpaired) electrons. The summed E-state index contributed by atoms with van der Waals surface area (Å²) in [5.74, 6) is 1.97. The second-order valence-electron chi connectivity index (χ2n) is 6.99. The number of nitrogens with one attached hydrogen (secondary N) is 2. The Labute approximate surface area is 153 Å². The average Bonchev–Trinajstić information content (AvgIpc) is 3.39. The van der Waals surface area contributed by atoms with Gasteiger partial charge < -0.3 is 15.0 Å². The number of carbonyl (C=O) groups is 1. The normalized spacial score (nSPS) is 21.1. The summed E-state index contributed by atoms with van der Waals surface area (Å²) in [5, 5.41) is 10.4. The van der Waals surface area contributed by atoms with Crippen molar-refractivity contribution in [2.45, 2.75) is 37.7 Å². The maximum atomic E-state index is 12.3. The van der Waals surface area contributed by atoms with Crippen molar-refractivity contribution in [2.24, 2.45) is 0 Å². The first-order valence-electron chi connectivity index (χ1n) is 9.41. The number of carbonyl (C=O) groups excluding carboxylic acids is 1. The molecule has 2 N–H and O–H groups in total. The maximum Gasteiger partial charge on any atom is 0.317 e. The lowest BCUT2D eigenvalue weighted by Crippen LogP contribution is -2.46. The Morgan fingerprint density at radius 1 is 1.23 bits per heavy atom. The third kappa shape index (κ3) is 3.88. The van der Waals surface area contributed by atoms with Crippen LogP contribution in [0.1, 0.15) is 37.4 Å². The molecule has 2 amide bonds. The highest BCUT2D eigenvalue weighted by Gasteiger charge is 2.26. The zero-order valence-corrected chi connectivity index (χ0v) is 14.9. The van der Waals surface area contributed by atoms with Crippen LogP contribution in [0.4, 0.5) is 4.79 Å². The van der Waals surface area contributed by atoms with E-state index >= 15 is 0 Å². The zero-order valence-electron chi connectivity index (χ0n) is 14.9. The Morgan fingerprint density at radius 3 is 2.77 bits per heavy atom. The fraction of sp³-hybridized carbons (Fsp3) is 0.526. The van der Waals surface area contributed by atoms with Crippen LogP contribution in [0.15, 0.2) is 30.3 Å². The number of ether oxygens (including phenoxy) is 1. The smallest absolute Gasteiger partial charge is 0.317 e. The summed E-state index contributed by atoms with van der Waals surface area (Å²) in [6, 6.07) is 9.98. The number of nitrogens with zero attached hydrogens (tertiary/aromatic N) is 3. The van der Waals surface area contributed by atoms with Crippen LogP contribution in [-0.4, -0.2) is 58.5 Å². The van der Waals surface area contributed by atoms with Crippen molar-refractivity contribution in [1.82, 2.24) is 25.4 Å². The first-order valence-corrected chi connectivity index (χ1v) is 9.41. The van der Waals surface area contributed by atoms with Gasteiger partial charge in [0.1, 0.15) is 5.82 Å². The third-order valence-electron chi connectivity index (χ3n) is 5.21. The lowest BCUT2D eigenvalue weighted by atomic mass is 9.96. The summed E-state index contributed by atoms with van der Waals surface area (Å²) in [6.45, 7) is 2.90. The monoisotopic (exact) mass is 355 g/mol. The van der Waals surface area contributed by atoms with E-state index in [1.165, 1.54) is 0 Å². The van der Waals surface area contributed by atoms with Gasteiger partial charge in [0, 0.05) is 37.7 Å². The van der Waals surface area contributed by atoms with Gasteiger partial charge in [0.15, 0.2) is 5.82 Å². The highest BCUT2D eigenvalue weighted by molar-refractivity contribution is 5.74. The van der Waals surface area contributed by atoms with Crippen molar-refractivity contribution in [2.75, 3.05) is 26.2 Å². The minimum Gasteiger partial charge on any atom is -0.376 e. The number of rotatable bonds is 4. The molecule has 0 unspecified atom stereocenters. The number of urea groups is 1. The van der Waals surface area contributed by atoms with Crippen molar-refractivity contribution >= 4 is 6.03 Å². The van der Waals surface area contributed by atoms with Crippen molar-refractivity contribution in [3.8, 4) is 11.4 Å². The molecule has 7 heteroatoms. The number of H-pyrrole nitrogens is 1. The van der Waals surface area contributed by atoms with Crippen LogP contribution < -0.4 is 5.32 Å². The van der Waals surface area contributed by atoms with E-state index in [0.717, 1.165) is 62.6 Å². The van der Waals surface area contributed by atoms with Crippen LogP contribution in [0.25, 0.3) is 11.4 Å². The van der Waals surface area contributed by atoms with Crippen LogP contribution in [0.3, 0.4) is 0 Å². The predicted molar refractivity (Wildman–Crippen MR) is 97.7 cm³/mol. The number of amides is 2. The molecule has 2 aliphatic rings. The molecule has 0 saturated carbocycles. The molecule has 1 aromatic heterocycles. The van der Waals surface area contributed by atoms with Crippen LogP contribution in [-0.2, 0) is 4.74 Å². The molecule has 2 saturated heterocycles. The van der Waals surface area contributed by atoms with E-state index in [0.29, 0.717) is 12.5 Å². The summed E-state index contributed by atoms with van der Waals surface area (Å²) >= 11 is 0. The van der Waals surface area contributed by atoms with Gasteiger partial charge in [-0.3, -0.25) is 5.10 Å². The van der Waals surface area contributed by atoms with Crippen LogP contribution in [0.2, 0.25) is 0 Å². The van der Waals surface area contributed by atoms with Gasteiger partial charge in [-0.1, -0.05) is 30.3 Å². The lowest BCUT2D eigenvalue weighted by Gasteiger charge is -2.31. The van der Waals surface area contributed by atoms with Gasteiger partial charge in [-0.25, -0.2) is 9.78 Å². The summed E-state index contributed by atoms with van der Waals surface area (Å²) in [7, 11) is 0. The SMILES string of the molecule is O=C(NC[C@H]1CCCO1)N1CCC(c2nc(-c3ccccc3)n[nH]2)CC1. The fourth-order valence-electron chi connectivity index (χ4n) is 3.65. The first kappa shape index (κ1) is 17.0. The number of likely N-dealkylation sites (tertiary alicyclic amines) is 1. The minimum absolute atomic E-state index is 0.0153. The molecule has 1 aromatic carbocycles. The molecule has 2 fully saturated rings. The molecule has 2 aliphatic heterocycles. The molecule has 0 bridgehead atoms. The highest BCUT2D eigenvalue weighted by atomic mass is 16.5. The van der Waals surface area contributed by atoms with Crippen LogP contribution in [0.5, 0.6) is 0 Å². The molecule has 4 rings (SSSR count). The van der Waals surface area contributed by atoms with Crippen LogP contribution in [0, 0.1) is 0 Å². The van der Waals surface area contributed by atoms with Crippen molar-refractivity contribution < 1.29 is 9.53 Å². The minimum atomic E-state index is 0.0153. The van der Waals surface area contributed by atoms with Gasteiger partial charge in [0.2, 0.25) is 0 Å². The van der Waals surface area contributed by atoms with E-state index < -0.39 is 0 Å². The Balaban J connectivity index is 1.28. The van der Waals surface area contributed by atoms with Gasteiger partial charge >= 0.3 is 6.03 Å². The number of hydrogen-bond acceptors (Lipinski definition) is 4. The van der Waals surface area contributed by atoms with E-state index in [1.807, 2.05) is 35.2 Å². The number of aromatic nitrogens is 3. The van der Waals surface area contributed by atoms with E-state index in [2.05, 4.69) is 20.5 Å². The Kier molecular flexibility index (Phi) is 5.15. The van der Waals surface area contributed by atoms with Crippen molar-refractivity contribution in [3.05, 3.63) is 36.2 Å². The van der Waals surface area contributed by atoms with Gasteiger partial charge in [-0.15, -0.1) is 0 Å². The zero-order chi connectivity index (χ0) is 17.8. The molecule has 1 atom stereocenters. The molecule has 138 valence electrons. The predicted octanol–water partition coefficient (Wildman–Crippen LogP) is 2.54. The molecule has 2 aromatic rings. The molecule has 0 spiro atoms. The van der Waals surface area contributed by atoms with E-state index in [4.69, 9.17) is 4.74 Å². The quantitative estimate of drug-likeness (QED) is 0.883. The van der Waals surface area contributed by atoms with Gasteiger partial charge in [0.25, 0.3) is 0 Å². The largest absolute Gasteiger partial charge is 0.376 e. The molecule has 7 nitrogen and oxygen atoms in total. The lowest BCUT2D eigenvalue weighted by molar-refractivity contribution is 0.108. The second-order valence-corrected chi connectivity index (χ2v) is 6.99. The number of hydrogen-bond donors (Lipinski definition) is 2. The first-order chi connectivity index (χ1) is 12.8. The van der Waals surface area contributed by atoms with E-state index in [9.17, 15) is 4.79 Å². The van der Waals surface area contributed by atoms with Gasteiger partial charge in [-0.05, 0) is 25.7 Å². The fourth-order valence-corrected chi connectivity index (χ4v) is 3.65. The molecule has 26 heavy (non-hydrogen) atoms.